The molecule has 0 aliphatic heterocycles. The van der Waals surface area contributed by atoms with Gasteiger partial charge >= 0.3 is 0 Å². The van der Waals surface area contributed by atoms with Gasteiger partial charge in [-0.3, -0.25) is 4.68 Å². The smallest absolute Gasteiger partial charge is 0.161 e. The molecule has 1 aromatic rings. The van der Waals surface area contributed by atoms with Gasteiger partial charge in [0, 0.05) is 6.54 Å². The van der Waals surface area contributed by atoms with E-state index in [1.54, 1.807) is 4.68 Å². The first kappa shape index (κ1) is 8.24. The Kier molecular flexibility index (Phi) is 2.63. The van der Waals surface area contributed by atoms with Crippen molar-refractivity contribution in [2.24, 2.45) is 5.92 Å². The second-order valence-electron chi connectivity index (χ2n) is 3.10. The Labute approximate surface area is 66.0 Å². The van der Waals surface area contributed by atoms with Crippen molar-refractivity contribution < 1.29 is 4.39 Å². The third kappa shape index (κ3) is 2.70. The fraction of sp³-hybridized carbons (Fsp3) is 0.625. The summed E-state index contributed by atoms with van der Waals surface area (Å²) in [4.78, 5) is 0. The zero-order valence-corrected chi connectivity index (χ0v) is 6.92. The van der Waals surface area contributed by atoms with E-state index in [9.17, 15) is 4.39 Å². The molecule has 0 radical (unpaired) electrons. The van der Waals surface area contributed by atoms with E-state index in [1.165, 1.54) is 12.4 Å². The number of halogens is 1. The zero-order chi connectivity index (χ0) is 8.27. The van der Waals surface area contributed by atoms with E-state index in [0.717, 1.165) is 13.0 Å². The average molecular weight is 156 g/mol. The molecule has 0 unspecified atom stereocenters. The van der Waals surface area contributed by atoms with Crippen LogP contribution in [0.5, 0.6) is 0 Å². The highest BCUT2D eigenvalue weighted by molar-refractivity contribution is 4.83. The molecule has 1 rings (SSSR count). The molecule has 0 N–H and O–H groups in total. The average Bonchev–Trinajstić information content (AvgIpc) is 2.31. The molecular weight excluding hydrogens is 143 g/mol. The van der Waals surface area contributed by atoms with Crippen molar-refractivity contribution in [3.8, 4) is 0 Å². The predicted octanol–water partition coefficient (Wildman–Crippen LogP) is 2.07. The van der Waals surface area contributed by atoms with Gasteiger partial charge in [0.2, 0.25) is 0 Å². The van der Waals surface area contributed by atoms with Crippen molar-refractivity contribution in [2.45, 2.75) is 26.8 Å². The summed E-state index contributed by atoms with van der Waals surface area (Å²) in [6.45, 7) is 5.08. The van der Waals surface area contributed by atoms with Gasteiger partial charge in [0.05, 0.1) is 12.4 Å². The number of hydrogen-bond donors (Lipinski definition) is 0. The normalized spacial score (nSPS) is 10.9. The Morgan fingerprint density at radius 2 is 2.36 bits per heavy atom. The number of rotatable bonds is 3. The van der Waals surface area contributed by atoms with Crippen LogP contribution in [0.4, 0.5) is 4.39 Å². The molecule has 0 saturated carbocycles. The fourth-order valence-corrected chi connectivity index (χ4v) is 0.851. The molecule has 0 aliphatic rings. The summed E-state index contributed by atoms with van der Waals surface area (Å²) < 4.78 is 14.0. The van der Waals surface area contributed by atoms with Crippen LogP contribution < -0.4 is 0 Å². The van der Waals surface area contributed by atoms with Gasteiger partial charge in [0.15, 0.2) is 5.82 Å². The second-order valence-corrected chi connectivity index (χ2v) is 3.10. The molecule has 11 heavy (non-hydrogen) atoms. The Morgan fingerprint density at radius 1 is 1.64 bits per heavy atom. The number of aromatic nitrogens is 2. The summed E-state index contributed by atoms with van der Waals surface area (Å²) >= 11 is 0. The van der Waals surface area contributed by atoms with Gasteiger partial charge in [0.25, 0.3) is 0 Å². The van der Waals surface area contributed by atoms with Crippen molar-refractivity contribution in [3.63, 3.8) is 0 Å². The lowest BCUT2D eigenvalue weighted by Crippen LogP contribution is -2.01. The lowest BCUT2D eigenvalue weighted by atomic mass is 10.1. The SMILES string of the molecule is CC(C)CCn1cc(F)cn1. The van der Waals surface area contributed by atoms with E-state index in [2.05, 4.69) is 18.9 Å². The molecule has 0 aromatic carbocycles. The highest BCUT2D eigenvalue weighted by Gasteiger charge is 1.97. The molecule has 3 heteroatoms. The van der Waals surface area contributed by atoms with E-state index in [4.69, 9.17) is 0 Å². The molecule has 62 valence electrons. The van der Waals surface area contributed by atoms with Gasteiger partial charge in [0.1, 0.15) is 0 Å². The Bertz CT molecular complexity index is 218. The van der Waals surface area contributed by atoms with Crippen molar-refractivity contribution in [3.05, 3.63) is 18.2 Å². The van der Waals surface area contributed by atoms with Crippen LogP contribution in [-0.2, 0) is 6.54 Å². The van der Waals surface area contributed by atoms with Crippen LogP contribution in [0.3, 0.4) is 0 Å². The molecular formula is C8H13FN2. The van der Waals surface area contributed by atoms with Crippen molar-refractivity contribution in [2.75, 3.05) is 0 Å². The lowest BCUT2D eigenvalue weighted by Gasteiger charge is -2.03. The summed E-state index contributed by atoms with van der Waals surface area (Å²) in [7, 11) is 0. The number of hydrogen-bond acceptors (Lipinski definition) is 1. The molecule has 0 amide bonds. The molecule has 0 fully saturated rings. The van der Waals surface area contributed by atoms with Crippen LogP contribution in [0.15, 0.2) is 12.4 Å². The van der Waals surface area contributed by atoms with Crippen LogP contribution in [0.2, 0.25) is 0 Å². The third-order valence-electron chi connectivity index (χ3n) is 1.54. The second kappa shape index (κ2) is 3.51. The van der Waals surface area contributed by atoms with Gasteiger partial charge in [-0.05, 0) is 12.3 Å². The molecule has 1 aromatic heterocycles. The summed E-state index contributed by atoms with van der Waals surface area (Å²) in [5, 5.41) is 3.83. The lowest BCUT2D eigenvalue weighted by molar-refractivity contribution is 0.485. The molecule has 1 heterocycles. The topological polar surface area (TPSA) is 17.8 Å². The predicted molar refractivity (Wildman–Crippen MR) is 41.6 cm³/mol. The standard InChI is InChI=1S/C8H13FN2/c1-7(2)3-4-11-6-8(9)5-10-11/h5-7H,3-4H2,1-2H3. The Morgan fingerprint density at radius 3 is 2.82 bits per heavy atom. The molecule has 0 bridgehead atoms. The minimum Gasteiger partial charge on any atom is -0.270 e. The van der Waals surface area contributed by atoms with Crippen LogP contribution in [0, 0.1) is 11.7 Å². The first-order valence-electron chi connectivity index (χ1n) is 3.86. The summed E-state index contributed by atoms with van der Waals surface area (Å²) in [6.07, 6.45) is 3.70. The number of nitrogens with zero attached hydrogens (tertiary/aromatic N) is 2. The highest BCUT2D eigenvalue weighted by Crippen LogP contribution is 2.02. The molecule has 0 aliphatic carbocycles. The van der Waals surface area contributed by atoms with Gasteiger partial charge in [-0.2, -0.15) is 5.10 Å². The first-order chi connectivity index (χ1) is 5.18. The first-order valence-corrected chi connectivity index (χ1v) is 3.86. The largest absolute Gasteiger partial charge is 0.270 e. The third-order valence-corrected chi connectivity index (χ3v) is 1.54. The molecule has 0 saturated heterocycles. The Balaban J connectivity index is 2.39. The van der Waals surface area contributed by atoms with E-state index in [-0.39, 0.29) is 5.82 Å². The fourth-order valence-electron chi connectivity index (χ4n) is 0.851. The van der Waals surface area contributed by atoms with Crippen molar-refractivity contribution in [1.29, 1.82) is 0 Å². The van der Waals surface area contributed by atoms with E-state index in [1.807, 2.05) is 0 Å². The minimum atomic E-state index is -0.256. The van der Waals surface area contributed by atoms with E-state index >= 15 is 0 Å². The van der Waals surface area contributed by atoms with Crippen LogP contribution in [0.1, 0.15) is 20.3 Å². The van der Waals surface area contributed by atoms with Crippen molar-refractivity contribution >= 4 is 0 Å². The summed E-state index contributed by atoms with van der Waals surface area (Å²) in [6, 6.07) is 0. The Hall–Kier alpha value is -0.860. The van der Waals surface area contributed by atoms with E-state index in [0.29, 0.717) is 5.92 Å². The molecule has 0 atom stereocenters. The minimum absolute atomic E-state index is 0.256. The highest BCUT2D eigenvalue weighted by atomic mass is 19.1. The quantitative estimate of drug-likeness (QED) is 0.655. The van der Waals surface area contributed by atoms with E-state index < -0.39 is 0 Å². The maximum atomic E-state index is 12.4. The van der Waals surface area contributed by atoms with Crippen LogP contribution in [0.25, 0.3) is 0 Å². The van der Waals surface area contributed by atoms with Gasteiger partial charge in [-0.25, -0.2) is 4.39 Å². The van der Waals surface area contributed by atoms with Crippen LogP contribution >= 0.6 is 0 Å². The zero-order valence-electron chi connectivity index (χ0n) is 6.92. The summed E-state index contributed by atoms with van der Waals surface area (Å²) in [5.74, 6) is 0.385. The van der Waals surface area contributed by atoms with Crippen molar-refractivity contribution in [1.82, 2.24) is 9.78 Å². The monoisotopic (exact) mass is 156 g/mol. The van der Waals surface area contributed by atoms with Gasteiger partial charge in [-0.1, -0.05) is 13.8 Å². The maximum Gasteiger partial charge on any atom is 0.161 e. The molecule has 0 spiro atoms. The molecule has 2 nitrogen and oxygen atoms in total. The van der Waals surface area contributed by atoms with Crippen LogP contribution in [-0.4, -0.2) is 9.78 Å². The maximum absolute atomic E-state index is 12.4. The van der Waals surface area contributed by atoms with Gasteiger partial charge < -0.3 is 0 Å². The summed E-state index contributed by atoms with van der Waals surface area (Å²) in [5.41, 5.74) is 0. The number of aryl methyl sites for hydroxylation is 1. The van der Waals surface area contributed by atoms with Gasteiger partial charge in [-0.15, -0.1) is 0 Å².